The van der Waals surface area contributed by atoms with Crippen LogP contribution in [0.25, 0.3) is 5.57 Å². The lowest BCUT2D eigenvalue weighted by Crippen LogP contribution is -2.44. The molecule has 2 aromatic rings. The number of nitrogens with one attached hydrogen (secondary N) is 3. The van der Waals surface area contributed by atoms with Crippen molar-refractivity contribution in [3.8, 4) is 0 Å². The topological polar surface area (TPSA) is 91.9 Å². The van der Waals surface area contributed by atoms with Gasteiger partial charge in [0, 0.05) is 24.9 Å². The molecular formula is C27H39N5O2. The molecule has 2 aliphatic rings. The van der Waals surface area contributed by atoms with E-state index in [0.717, 1.165) is 49.2 Å². The number of allylic oxidation sites excluding steroid dienone is 2. The van der Waals surface area contributed by atoms with Crippen LogP contribution in [-0.2, 0) is 4.74 Å². The molecule has 1 fully saturated rings. The minimum atomic E-state index is -0.276. The maximum absolute atomic E-state index is 12.9. The van der Waals surface area contributed by atoms with Crippen LogP contribution in [0.4, 0.5) is 11.5 Å². The molecule has 1 aliphatic heterocycles. The summed E-state index contributed by atoms with van der Waals surface area (Å²) < 4.78 is 6.31. The lowest BCUT2D eigenvalue weighted by atomic mass is 9.77. The molecule has 3 N–H and O–H groups in total. The van der Waals surface area contributed by atoms with Gasteiger partial charge in [-0.25, -0.2) is 4.98 Å². The number of pyridine rings is 1. The van der Waals surface area contributed by atoms with Crippen molar-refractivity contribution >= 4 is 23.0 Å². The number of anilines is 2. The number of aromatic amines is 1. The quantitative estimate of drug-likeness (QED) is 0.493. The Bertz CT molecular complexity index is 1080. The lowest BCUT2D eigenvalue weighted by Gasteiger charge is -2.45. The van der Waals surface area contributed by atoms with Gasteiger partial charge in [-0.05, 0) is 82.9 Å². The summed E-state index contributed by atoms with van der Waals surface area (Å²) in [5, 5.41) is 6.00. The third-order valence-corrected chi connectivity index (χ3v) is 6.94. The van der Waals surface area contributed by atoms with Crippen molar-refractivity contribution < 1.29 is 9.53 Å². The van der Waals surface area contributed by atoms with Crippen LogP contribution in [0.15, 0.2) is 24.4 Å². The number of ether oxygens (including phenoxy) is 1. The Morgan fingerprint density at radius 1 is 1.09 bits per heavy atom. The Labute approximate surface area is 203 Å². The van der Waals surface area contributed by atoms with E-state index in [2.05, 4.69) is 74.3 Å². The van der Waals surface area contributed by atoms with E-state index in [1.54, 1.807) is 13.2 Å². The molecule has 4 rings (SSSR count). The molecule has 184 valence electrons. The van der Waals surface area contributed by atoms with Crippen molar-refractivity contribution in [3.05, 3.63) is 41.6 Å². The highest BCUT2D eigenvalue weighted by atomic mass is 16.5. The second-order valence-electron chi connectivity index (χ2n) is 11.8. The maximum atomic E-state index is 12.9. The van der Waals surface area contributed by atoms with E-state index in [9.17, 15) is 4.79 Å². The van der Waals surface area contributed by atoms with Gasteiger partial charge in [0.25, 0.3) is 5.91 Å². The summed E-state index contributed by atoms with van der Waals surface area (Å²) in [7, 11) is 1.77. The molecule has 0 radical (unpaired) electrons. The summed E-state index contributed by atoms with van der Waals surface area (Å²) in [4.78, 5) is 25.3. The van der Waals surface area contributed by atoms with Crippen molar-refractivity contribution in [2.24, 2.45) is 5.41 Å². The van der Waals surface area contributed by atoms with Crippen LogP contribution in [-0.4, -0.2) is 39.1 Å². The third kappa shape index (κ3) is 5.52. The van der Waals surface area contributed by atoms with Crippen LogP contribution in [0, 0.1) is 5.41 Å². The first-order valence-electron chi connectivity index (χ1n) is 12.3. The van der Waals surface area contributed by atoms with Crippen LogP contribution >= 0.6 is 0 Å². The fourth-order valence-corrected chi connectivity index (χ4v) is 5.39. The molecular weight excluding hydrogens is 426 g/mol. The molecule has 7 nitrogen and oxygen atoms in total. The van der Waals surface area contributed by atoms with E-state index in [4.69, 9.17) is 9.72 Å². The van der Waals surface area contributed by atoms with Crippen molar-refractivity contribution in [1.82, 2.24) is 15.0 Å². The molecule has 0 bridgehead atoms. The van der Waals surface area contributed by atoms with Gasteiger partial charge in [0.05, 0.1) is 22.6 Å². The molecule has 34 heavy (non-hydrogen) atoms. The van der Waals surface area contributed by atoms with Crippen molar-refractivity contribution in [3.63, 3.8) is 0 Å². The number of aromatic nitrogens is 3. The van der Waals surface area contributed by atoms with Crippen molar-refractivity contribution in [2.45, 2.75) is 90.8 Å². The Morgan fingerprint density at radius 3 is 2.38 bits per heavy atom. The zero-order valence-electron chi connectivity index (χ0n) is 21.6. The van der Waals surface area contributed by atoms with Gasteiger partial charge in [-0.3, -0.25) is 9.78 Å². The standard InChI is InChI=1S/C27H39N5O2/c1-25(2)12-10-17(11-13-25)22-20(31-24(33)23-29-16-21(28-7)32-23)9-8-19(30-22)18-14-26(3,4)34-27(5,6)15-18/h8-10,16,18,28H,11-15H2,1-7H3,(H,29,32)(H,31,33). The fourth-order valence-electron chi connectivity index (χ4n) is 5.39. The SMILES string of the molecule is CNc1c[nH]c(C(=O)Nc2ccc(C3CC(C)(C)OC(C)(C)C3)nc2C2=CCC(C)(C)CC2)n1. The lowest BCUT2D eigenvalue weighted by molar-refractivity contribution is -0.162. The van der Waals surface area contributed by atoms with E-state index in [1.807, 2.05) is 6.07 Å². The number of hydrogen-bond donors (Lipinski definition) is 3. The van der Waals surface area contributed by atoms with Gasteiger partial charge in [0.15, 0.2) is 5.82 Å². The second kappa shape index (κ2) is 8.84. The van der Waals surface area contributed by atoms with Crippen molar-refractivity contribution in [2.75, 3.05) is 17.7 Å². The van der Waals surface area contributed by atoms with Gasteiger partial charge in [-0.2, -0.15) is 0 Å². The van der Waals surface area contributed by atoms with E-state index in [1.165, 1.54) is 5.57 Å². The minimum absolute atomic E-state index is 0.209. The summed E-state index contributed by atoms with van der Waals surface area (Å²) in [6.07, 6.45) is 8.86. The van der Waals surface area contributed by atoms with Crippen LogP contribution < -0.4 is 10.6 Å². The molecule has 3 heterocycles. The summed E-state index contributed by atoms with van der Waals surface area (Å²) >= 11 is 0. The Hall–Kier alpha value is -2.67. The molecule has 2 aromatic heterocycles. The van der Waals surface area contributed by atoms with E-state index in [-0.39, 0.29) is 28.3 Å². The van der Waals surface area contributed by atoms with Gasteiger partial charge in [0.2, 0.25) is 0 Å². The first kappa shape index (κ1) is 24.5. The highest BCUT2D eigenvalue weighted by Crippen LogP contribution is 2.44. The summed E-state index contributed by atoms with van der Waals surface area (Å²) in [6, 6.07) is 4.07. The summed E-state index contributed by atoms with van der Waals surface area (Å²) in [5.41, 5.74) is 3.75. The van der Waals surface area contributed by atoms with Gasteiger partial charge >= 0.3 is 0 Å². The van der Waals surface area contributed by atoms with Crippen molar-refractivity contribution in [1.29, 1.82) is 0 Å². The maximum Gasteiger partial charge on any atom is 0.291 e. The molecule has 0 atom stereocenters. The normalized spacial score (nSPS) is 21.6. The number of amides is 1. The largest absolute Gasteiger partial charge is 0.372 e. The predicted molar refractivity (Wildman–Crippen MR) is 137 cm³/mol. The number of hydrogen-bond acceptors (Lipinski definition) is 5. The smallest absolute Gasteiger partial charge is 0.291 e. The molecule has 7 heteroatoms. The number of carbonyl (C=O) groups is 1. The van der Waals surface area contributed by atoms with E-state index < -0.39 is 0 Å². The molecule has 1 aliphatic carbocycles. The molecule has 0 saturated carbocycles. The van der Waals surface area contributed by atoms with Crippen LogP contribution in [0.3, 0.4) is 0 Å². The zero-order chi connectivity index (χ0) is 24.7. The van der Waals surface area contributed by atoms with Gasteiger partial charge < -0.3 is 20.4 Å². The molecule has 1 saturated heterocycles. The van der Waals surface area contributed by atoms with Gasteiger partial charge in [-0.15, -0.1) is 0 Å². The molecule has 0 spiro atoms. The predicted octanol–water partition coefficient (Wildman–Crippen LogP) is 6.14. The van der Waals surface area contributed by atoms with Crippen LogP contribution in [0.2, 0.25) is 0 Å². The summed E-state index contributed by atoms with van der Waals surface area (Å²) in [5.74, 6) is 0.917. The Kier molecular flexibility index (Phi) is 6.36. The Balaban J connectivity index is 1.68. The molecule has 0 aromatic carbocycles. The average Bonchev–Trinajstić information content (AvgIpc) is 3.21. The zero-order valence-corrected chi connectivity index (χ0v) is 21.6. The third-order valence-electron chi connectivity index (χ3n) is 6.94. The molecule has 1 amide bonds. The highest BCUT2D eigenvalue weighted by molar-refractivity contribution is 6.03. The van der Waals surface area contributed by atoms with E-state index in [0.29, 0.717) is 11.7 Å². The van der Waals surface area contributed by atoms with Gasteiger partial charge in [-0.1, -0.05) is 19.9 Å². The Morgan fingerprint density at radius 2 is 1.79 bits per heavy atom. The number of nitrogens with zero attached hydrogens (tertiary/aromatic N) is 2. The molecule has 0 unspecified atom stereocenters. The number of carbonyl (C=O) groups excluding carboxylic acids is 1. The first-order chi connectivity index (χ1) is 15.9. The monoisotopic (exact) mass is 465 g/mol. The van der Waals surface area contributed by atoms with Crippen LogP contribution in [0.1, 0.15) is 102 Å². The number of rotatable bonds is 5. The number of imidazole rings is 1. The highest BCUT2D eigenvalue weighted by Gasteiger charge is 2.40. The second-order valence-corrected chi connectivity index (χ2v) is 11.8. The minimum Gasteiger partial charge on any atom is -0.372 e. The van der Waals surface area contributed by atoms with Gasteiger partial charge in [0.1, 0.15) is 5.82 Å². The number of H-pyrrole nitrogens is 1. The van der Waals surface area contributed by atoms with E-state index >= 15 is 0 Å². The first-order valence-corrected chi connectivity index (χ1v) is 12.3. The van der Waals surface area contributed by atoms with Crippen LogP contribution in [0.5, 0.6) is 0 Å². The summed E-state index contributed by atoms with van der Waals surface area (Å²) in [6.45, 7) is 13.2. The fraction of sp³-hybridized carbons (Fsp3) is 0.593. The average molecular weight is 466 g/mol.